The maximum atomic E-state index is 12.3. The van der Waals surface area contributed by atoms with Crippen molar-refractivity contribution in [3.05, 3.63) is 23.8 Å². The largest absolute Gasteiger partial charge is 0.478 e. The van der Waals surface area contributed by atoms with Gasteiger partial charge in [-0.3, -0.25) is 0 Å². The van der Waals surface area contributed by atoms with E-state index in [2.05, 4.69) is 4.72 Å². The molecule has 0 fully saturated rings. The van der Waals surface area contributed by atoms with Crippen molar-refractivity contribution in [2.45, 2.75) is 23.1 Å². The van der Waals surface area contributed by atoms with Crippen LogP contribution in [0.1, 0.15) is 17.3 Å². The van der Waals surface area contributed by atoms with Crippen LogP contribution in [0.2, 0.25) is 0 Å². The fourth-order valence-electron chi connectivity index (χ4n) is 1.76. The molecule has 0 aliphatic heterocycles. The number of carbonyl (C=O) groups is 1. The highest BCUT2D eigenvalue weighted by Crippen LogP contribution is 2.21. The van der Waals surface area contributed by atoms with Crippen LogP contribution in [0, 0.1) is 0 Å². The molecule has 0 bridgehead atoms. The van der Waals surface area contributed by atoms with Gasteiger partial charge in [-0.1, -0.05) is 0 Å². The predicted molar refractivity (Wildman–Crippen MR) is 82.0 cm³/mol. The molecular weight excluding hydrogens is 316 g/mol. The molecule has 1 aromatic rings. The summed E-state index contributed by atoms with van der Waals surface area (Å²) >= 11 is 1.31. The number of nitrogen functional groups attached to an aromatic ring is 1. The quantitative estimate of drug-likeness (QED) is 0.530. The Morgan fingerprint density at radius 2 is 2.10 bits per heavy atom. The van der Waals surface area contributed by atoms with Crippen molar-refractivity contribution in [1.29, 1.82) is 0 Å². The standard InChI is InChI=1S/C12H18N2O5S2/c1-7(10(6-15)20-2)14-21(18,19)11-5-8(13)3-4-9(11)12(16)17/h3-5,7,10,14-15H,6,13H2,1-2H3,(H,16,17). The number of aromatic carboxylic acids is 1. The van der Waals surface area contributed by atoms with Gasteiger partial charge >= 0.3 is 5.97 Å². The van der Waals surface area contributed by atoms with E-state index >= 15 is 0 Å². The second-order valence-electron chi connectivity index (χ2n) is 4.43. The number of thioether (sulfide) groups is 1. The minimum absolute atomic E-state index is 0.150. The number of aliphatic hydroxyl groups is 1. The smallest absolute Gasteiger partial charge is 0.337 e. The first-order chi connectivity index (χ1) is 9.72. The van der Waals surface area contributed by atoms with Crippen molar-refractivity contribution in [2.75, 3.05) is 18.6 Å². The van der Waals surface area contributed by atoms with Crippen LogP contribution in [0.3, 0.4) is 0 Å². The van der Waals surface area contributed by atoms with Gasteiger partial charge in [-0.05, 0) is 31.4 Å². The van der Waals surface area contributed by atoms with Crippen molar-refractivity contribution < 1.29 is 23.4 Å². The molecule has 0 saturated heterocycles. The molecule has 0 aromatic heterocycles. The third-order valence-corrected chi connectivity index (χ3v) is 5.67. The maximum absolute atomic E-state index is 12.3. The van der Waals surface area contributed by atoms with Gasteiger partial charge in [0.15, 0.2) is 0 Å². The summed E-state index contributed by atoms with van der Waals surface area (Å²) in [7, 11) is -4.06. The average Bonchev–Trinajstić information content (AvgIpc) is 2.39. The lowest BCUT2D eigenvalue weighted by Gasteiger charge is -2.21. The van der Waals surface area contributed by atoms with Crippen LogP contribution in [0.15, 0.2) is 23.1 Å². The number of carboxylic acid groups (broad SMARTS) is 1. The van der Waals surface area contributed by atoms with Gasteiger partial charge in [0.05, 0.1) is 17.1 Å². The van der Waals surface area contributed by atoms with Gasteiger partial charge < -0.3 is 15.9 Å². The number of sulfonamides is 1. The van der Waals surface area contributed by atoms with E-state index in [-0.39, 0.29) is 28.0 Å². The normalized spacial score (nSPS) is 14.6. The number of nitrogens with two attached hydrogens (primary N) is 1. The minimum Gasteiger partial charge on any atom is -0.478 e. The molecule has 0 radical (unpaired) electrons. The highest BCUT2D eigenvalue weighted by atomic mass is 32.2. The molecule has 1 aromatic carbocycles. The zero-order valence-electron chi connectivity index (χ0n) is 11.6. The zero-order chi connectivity index (χ0) is 16.2. The van der Waals surface area contributed by atoms with Gasteiger partial charge in [-0.25, -0.2) is 17.9 Å². The molecule has 9 heteroatoms. The Kier molecular flexibility index (Phi) is 6.02. The lowest BCUT2D eigenvalue weighted by atomic mass is 10.2. The topological polar surface area (TPSA) is 130 Å². The van der Waals surface area contributed by atoms with Crippen LogP contribution in [-0.4, -0.2) is 48.8 Å². The minimum atomic E-state index is -4.06. The van der Waals surface area contributed by atoms with E-state index in [0.29, 0.717) is 0 Å². The van der Waals surface area contributed by atoms with Crippen molar-refractivity contribution in [3.8, 4) is 0 Å². The molecule has 0 saturated carbocycles. The van der Waals surface area contributed by atoms with Crippen molar-refractivity contribution in [1.82, 2.24) is 4.72 Å². The molecule has 21 heavy (non-hydrogen) atoms. The maximum Gasteiger partial charge on any atom is 0.337 e. The first-order valence-corrected chi connectivity index (χ1v) is 8.78. The van der Waals surface area contributed by atoms with Crippen molar-refractivity contribution >= 4 is 33.4 Å². The van der Waals surface area contributed by atoms with Gasteiger partial charge in [-0.2, -0.15) is 11.8 Å². The molecule has 0 aliphatic rings. The summed E-state index contributed by atoms with van der Waals surface area (Å²) in [5, 5.41) is 17.9. The van der Waals surface area contributed by atoms with Crippen molar-refractivity contribution in [3.63, 3.8) is 0 Å². The molecule has 5 N–H and O–H groups in total. The van der Waals surface area contributed by atoms with E-state index in [1.54, 1.807) is 13.2 Å². The Morgan fingerprint density at radius 1 is 1.48 bits per heavy atom. The molecule has 1 rings (SSSR count). The molecule has 0 spiro atoms. The van der Waals surface area contributed by atoms with Crippen LogP contribution >= 0.6 is 11.8 Å². The highest BCUT2D eigenvalue weighted by molar-refractivity contribution is 7.99. The van der Waals surface area contributed by atoms with E-state index < -0.39 is 22.0 Å². The fourth-order valence-corrected chi connectivity index (χ4v) is 3.99. The van der Waals surface area contributed by atoms with Gasteiger partial charge in [0.2, 0.25) is 10.0 Å². The fraction of sp³-hybridized carbons (Fsp3) is 0.417. The lowest BCUT2D eigenvalue weighted by molar-refractivity contribution is 0.0692. The summed E-state index contributed by atoms with van der Waals surface area (Å²) in [5.41, 5.74) is 5.33. The summed E-state index contributed by atoms with van der Waals surface area (Å²) in [4.78, 5) is 10.7. The summed E-state index contributed by atoms with van der Waals surface area (Å²) in [6, 6.07) is 3.00. The van der Waals surface area contributed by atoms with Gasteiger partial charge in [0.1, 0.15) is 0 Å². The Bertz CT molecular complexity index is 614. The first-order valence-electron chi connectivity index (χ1n) is 6.01. The number of hydrogen-bond donors (Lipinski definition) is 4. The second-order valence-corrected chi connectivity index (χ2v) is 7.19. The highest BCUT2D eigenvalue weighted by Gasteiger charge is 2.27. The molecule has 7 nitrogen and oxygen atoms in total. The van der Waals surface area contributed by atoms with E-state index in [4.69, 9.17) is 10.8 Å². The number of benzene rings is 1. The lowest BCUT2D eigenvalue weighted by Crippen LogP contribution is -2.41. The molecule has 0 amide bonds. The van der Waals surface area contributed by atoms with E-state index in [0.717, 1.165) is 12.1 Å². The van der Waals surface area contributed by atoms with Crippen molar-refractivity contribution in [2.24, 2.45) is 0 Å². The first kappa shape index (κ1) is 17.8. The van der Waals surface area contributed by atoms with Gasteiger partial charge in [0, 0.05) is 17.0 Å². The van der Waals surface area contributed by atoms with Gasteiger partial charge in [0.25, 0.3) is 0 Å². The van der Waals surface area contributed by atoms with Crippen LogP contribution < -0.4 is 10.5 Å². The number of rotatable bonds is 7. The number of aliphatic hydroxyl groups excluding tert-OH is 1. The molecule has 118 valence electrons. The number of carboxylic acids is 1. The summed E-state index contributed by atoms with van der Waals surface area (Å²) < 4.78 is 27.0. The third kappa shape index (κ3) is 4.34. The zero-order valence-corrected chi connectivity index (χ0v) is 13.2. The third-order valence-electron chi connectivity index (χ3n) is 2.91. The molecule has 2 atom stereocenters. The monoisotopic (exact) mass is 334 g/mol. The van der Waals surface area contributed by atoms with Crippen LogP contribution in [-0.2, 0) is 10.0 Å². The molecule has 0 heterocycles. The van der Waals surface area contributed by atoms with Gasteiger partial charge in [-0.15, -0.1) is 0 Å². The Hall–Kier alpha value is -1.29. The number of hydrogen-bond acceptors (Lipinski definition) is 6. The van der Waals surface area contributed by atoms with E-state index in [1.165, 1.54) is 17.8 Å². The summed E-state index contributed by atoms with van der Waals surface area (Å²) in [6.45, 7) is 1.40. The number of nitrogens with one attached hydrogen (secondary N) is 1. The van der Waals surface area contributed by atoms with Crippen LogP contribution in [0.5, 0.6) is 0 Å². The Labute approximate surface area is 127 Å². The molecule has 2 unspecified atom stereocenters. The van der Waals surface area contributed by atoms with E-state index in [1.807, 2.05) is 0 Å². The summed E-state index contributed by atoms with van der Waals surface area (Å²) in [6.07, 6.45) is 1.74. The van der Waals surface area contributed by atoms with Crippen LogP contribution in [0.4, 0.5) is 5.69 Å². The SMILES string of the molecule is CSC(CO)C(C)NS(=O)(=O)c1cc(N)ccc1C(=O)O. The summed E-state index contributed by atoms with van der Waals surface area (Å²) in [5.74, 6) is -1.35. The second kappa shape index (κ2) is 7.12. The molecular formula is C12H18N2O5S2. The molecule has 0 aliphatic carbocycles. The predicted octanol–water partition coefficient (Wildman–Crippen LogP) is 0.358. The van der Waals surface area contributed by atoms with Crippen LogP contribution in [0.25, 0.3) is 0 Å². The Balaban J connectivity index is 3.19. The average molecular weight is 334 g/mol. The Morgan fingerprint density at radius 3 is 2.57 bits per heavy atom. The number of anilines is 1. The van der Waals surface area contributed by atoms with E-state index in [9.17, 15) is 18.3 Å².